The molecule has 17 heavy (non-hydrogen) atoms. The number of aromatic nitrogens is 2. The van der Waals surface area contributed by atoms with Crippen LogP contribution in [-0.4, -0.2) is 22.0 Å². The molecule has 6 heteroatoms. The Morgan fingerprint density at radius 2 is 2.18 bits per heavy atom. The summed E-state index contributed by atoms with van der Waals surface area (Å²) in [4.78, 5) is 0. The zero-order valence-electron chi connectivity index (χ0n) is 10.1. The molecule has 1 unspecified atom stereocenters. The summed E-state index contributed by atoms with van der Waals surface area (Å²) in [5.74, 6) is 0. The molecular weight excluding hydrogens is 231 g/mol. The molecule has 0 aliphatic carbocycles. The van der Waals surface area contributed by atoms with E-state index >= 15 is 0 Å². The number of hydrogen-bond donors (Lipinski definition) is 1. The van der Waals surface area contributed by atoms with Gasteiger partial charge in [-0.1, -0.05) is 0 Å². The number of hydrogen-bond acceptors (Lipinski definition) is 2. The molecule has 3 nitrogen and oxygen atoms in total. The molecule has 1 aromatic heterocycles. The van der Waals surface area contributed by atoms with Crippen molar-refractivity contribution in [1.29, 1.82) is 0 Å². The van der Waals surface area contributed by atoms with Gasteiger partial charge in [0.05, 0.1) is 5.69 Å². The molecule has 1 N–H and O–H groups in total. The van der Waals surface area contributed by atoms with Crippen LogP contribution < -0.4 is 5.32 Å². The van der Waals surface area contributed by atoms with E-state index in [4.69, 9.17) is 0 Å². The molecule has 0 spiro atoms. The van der Waals surface area contributed by atoms with Gasteiger partial charge in [-0.25, -0.2) is 0 Å². The van der Waals surface area contributed by atoms with Gasteiger partial charge in [0.1, 0.15) is 0 Å². The van der Waals surface area contributed by atoms with Crippen molar-refractivity contribution in [2.45, 2.75) is 44.9 Å². The standard InChI is InChI=1S/C11H18F3N3/c1-9(4-3-6-11(12,13)14)15-8-10-5-7-17(2)16-10/h5,7,9,15H,3-4,6,8H2,1-2H3. The first kappa shape index (κ1) is 14.0. The second-order valence-corrected chi connectivity index (χ2v) is 4.27. The van der Waals surface area contributed by atoms with E-state index in [2.05, 4.69) is 10.4 Å². The Balaban J connectivity index is 2.15. The lowest BCUT2D eigenvalue weighted by Gasteiger charge is -2.13. The van der Waals surface area contributed by atoms with Crippen molar-refractivity contribution in [1.82, 2.24) is 15.1 Å². The smallest absolute Gasteiger partial charge is 0.309 e. The summed E-state index contributed by atoms with van der Waals surface area (Å²) >= 11 is 0. The number of alkyl halides is 3. The van der Waals surface area contributed by atoms with Crippen molar-refractivity contribution < 1.29 is 13.2 Å². The molecule has 1 aromatic rings. The van der Waals surface area contributed by atoms with Crippen molar-refractivity contribution in [2.75, 3.05) is 0 Å². The summed E-state index contributed by atoms with van der Waals surface area (Å²) in [6, 6.07) is 1.95. The fraction of sp³-hybridized carbons (Fsp3) is 0.727. The molecule has 0 aliphatic heterocycles. The van der Waals surface area contributed by atoms with E-state index in [0.29, 0.717) is 13.0 Å². The number of nitrogens with one attached hydrogen (secondary N) is 1. The lowest BCUT2D eigenvalue weighted by molar-refractivity contribution is -0.135. The molecule has 1 rings (SSSR count). The summed E-state index contributed by atoms with van der Waals surface area (Å²) < 4.78 is 37.5. The predicted octanol–water partition coefficient (Wildman–Crippen LogP) is 2.63. The van der Waals surface area contributed by atoms with Crippen molar-refractivity contribution in [3.63, 3.8) is 0 Å². The minimum Gasteiger partial charge on any atom is -0.309 e. The Morgan fingerprint density at radius 3 is 2.71 bits per heavy atom. The monoisotopic (exact) mass is 249 g/mol. The van der Waals surface area contributed by atoms with Gasteiger partial charge in [-0.15, -0.1) is 0 Å². The van der Waals surface area contributed by atoms with Crippen LogP contribution in [0.1, 0.15) is 31.9 Å². The van der Waals surface area contributed by atoms with Gasteiger partial charge in [0.2, 0.25) is 0 Å². The molecule has 0 saturated heterocycles. The third kappa shape index (κ3) is 6.31. The minimum absolute atomic E-state index is 0.0688. The Morgan fingerprint density at radius 1 is 1.47 bits per heavy atom. The highest BCUT2D eigenvalue weighted by Crippen LogP contribution is 2.22. The first-order chi connectivity index (χ1) is 7.87. The van der Waals surface area contributed by atoms with E-state index in [1.807, 2.05) is 26.2 Å². The van der Waals surface area contributed by atoms with E-state index in [1.165, 1.54) is 0 Å². The van der Waals surface area contributed by atoms with Crippen LogP contribution in [-0.2, 0) is 13.6 Å². The third-order valence-electron chi connectivity index (χ3n) is 2.50. The maximum absolute atomic E-state index is 11.9. The highest BCUT2D eigenvalue weighted by atomic mass is 19.4. The van der Waals surface area contributed by atoms with E-state index in [1.54, 1.807) is 4.68 Å². The fourth-order valence-electron chi connectivity index (χ4n) is 1.55. The highest BCUT2D eigenvalue weighted by molar-refractivity contribution is 4.98. The Hall–Kier alpha value is -1.04. The first-order valence-corrected chi connectivity index (χ1v) is 5.65. The second-order valence-electron chi connectivity index (χ2n) is 4.27. The summed E-state index contributed by atoms with van der Waals surface area (Å²) in [6.45, 7) is 2.48. The molecule has 1 heterocycles. The maximum atomic E-state index is 11.9. The van der Waals surface area contributed by atoms with Crippen LogP contribution in [0.3, 0.4) is 0 Å². The maximum Gasteiger partial charge on any atom is 0.389 e. The lowest BCUT2D eigenvalue weighted by atomic mass is 10.1. The fourth-order valence-corrected chi connectivity index (χ4v) is 1.55. The molecule has 0 fully saturated rings. The van der Waals surface area contributed by atoms with Crippen molar-refractivity contribution >= 4 is 0 Å². The quantitative estimate of drug-likeness (QED) is 0.840. The topological polar surface area (TPSA) is 29.9 Å². The summed E-state index contributed by atoms with van der Waals surface area (Å²) in [5, 5.41) is 7.33. The zero-order valence-corrected chi connectivity index (χ0v) is 10.1. The SMILES string of the molecule is CC(CCCC(F)(F)F)NCc1ccn(C)n1. The Bertz CT molecular complexity index is 333. The van der Waals surface area contributed by atoms with Gasteiger partial charge in [-0.2, -0.15) is 18.3 Å². The van der Waals surface area contributed by atoms with E-state index in [9.17, 15) is 13.2 Å². The Labute approximate surface area is 99.0 Å². The molecule has 0 saturated carbocycles. The number of nitrogens with zero attached hydrogens (tertiary/aromatic N) is 2. The predicted molar refractivity (Wildman–Crippen MR) is 59.4 cm³/mol. The average Bonchev–Trinajstić information content (AvgIpc) is 2.59. The van der Waals surface area contributed by atoms with Crippen LogP contribution in [0.2, 0.25) is 0 Å². The molecule has 1 atom stereocenters. The number of aryl methyl sites for hydroxylation is 1. The van der Waals surface area contributed by atoms with Crippen molar-refractivity contribution in [3.05, 3.63) is 18.0 Å². The van der Waals surface area contributed by atoms with Crippen molar-refractivity contribution in [2.24, 2.45) is 7.05 Å². The molecule has 0 amide bonds. The molecule has 98 valence electrons. The van der Waals surface area contributed by atoms with Gasteiger partial charge >= 0.3 is 6.18 Å². The van der Waals surface area contributed by atoms with Crippen LogP contribution in [0.15, 0.2) is 12.3 Å². The minimum atomic E-state index is -4.04. The van der Waals surface area contributed by atoms with Crippen LogP contribution in [0.25, 0.3) is 0 Å². The van der Waals surface area contributed by atoms with Crippen molar-refractivity contribution in [3.8, 4) is 0 Å². The third-order valence-corrected chi connectivity index (χ3v) is 2.50. The first-order valence-electron chi connectivity index (χ1n) is 5.65. The molecule has 0 aromatic carbocycles. The normalized spacial score (nSPS) is 13.9. The van der Waals surface area contributed by atoms with Gasteiger partial charge < -0.3 is 5.32 Å². The second kappa shape index (κ2) is 6.05. The van der Waals surface area contributed by atoms with E-state index < -0.39 is 12.6 Å². The lowest BCUT2D eigenvalue weighted by Crippen LogP contribution is -2.26. The number of rotatable bonds is 6. The van der Waals surface area contributed by atoms with E-state index in [-0.39, 0.29) is 12.5 Å². The molecule has 0 bridgehead atoms. The van der Waals surface area contributed by atoms with Crippen LogP contribution in [0, 0.1) is 0 Å². The van der Waals surface area contributed by atoms with Gasteiger partial charge in [0, 0.05) is 32.3 Å². The summed E-state index contributed by atoms with van der Waals surface area (Å²) in [7, 11) is 1.83. The van der Waals surface area contributed by atoms with Crippen LogP contribution in [0.5, 0.6) is 0 Å². The van der Waals surface area contributed by atoms with Crippen LogP contribution in [0.4, 0.5) is 13.2 Å². The average molecular weight is 249 g/mol. The van der Waals surface area contributed by atoms with Crippen LogP contribution >= 0.6 is 0 Å². The van der Waals surface area contributed by atoms with Gasteiger partial charge in [-0.3, -0.25) is 4.68 Å². The highest BCUT2D eigenvalue weighted by Gasteiger charge is 2.26. The van der Waals surface area contributed by atoms with Gasteiger partial charge in [0.15, 0.2) is 0 Å². The molecule has 0 aliphatic rings. The molecular formula is C11H18F3N3. The molecule has 0 radical (unpaired) electrons. The van der Waals surface area contributed by atoms with Gasteiger partial charge in [0.25, 0.3) is 0 Å². The summed E-state index contributed by atoms with van der Waals surface area (Å²) in [5.41, 5.74) is 0.898. The van der Waals surface area contributed by atoms with E-state index in [0.717, 1.165) is 5.69 Å². The summed E-state index contributed by atoms with van der Waals surface area (Å²) in [6.07, 6.45) is -2.22. The number of halogens is 3. The van der Waals surface area contributed by atoms with Gasteiger partial charge in [-0.05, 0) is 25.8 Å². The Kier molecular flexibility index (Phi) is 4.99. The zero-order chi connectivity index (χ0) is 12.9. The largest absolute Gasteiger partial charge is 0.389 e.